The number of rotatable bonds is 7. The predicted molar refractivity (Wildman–Crippen MR) is 88.0 cm³/mol. The summed E-state index contributed by atoms with van der Waals surface area (Å²) in [6.45, 7) is -1.33. The molecule has 26 heavy (non-hydrogen) atoms. The molecule has 0 aliphatic heterocycles. The van der Waals surface area contributed by atoms with Crippen LogP contribution in [-0.2, 0) is 16.4 Å². The van der Waals surface area contributed by atoms with E-state index in [2.05, 4.69) is 9.71 Å². The number of carbonyl (C=O) groups is 1. The fraction of sp³-hybridized carbons (Fsp3) is 0.250. The third-order valence-electron chi connectivity index (χ3n) is 3.28. The first-order valence-corrected chi connectivity index (χ1v) is 9.00. The summed E-state index contributed by atoms with van der Waals surface area (Å²) >= 11 is 0. The van der Waals surface area contributed by atoms with Crippen molar-refractivity contribution in [2.45, 2.75) is 17.5 Å². The van der Waals surface area contributed by atoms with E-state index in [0.29, 0.717) is 6.42 Å². The van der Waals surface area contributed by atoms with Gasteiger partial charge in [0.25, 0.3) is 5.91 Å². The zero-order valence-electron chi connectivity index (χ0n) is 13.5. The number of alkyl halides is 3. The van der Waals surface area contributed by atoms with Gasteiger partial charge in [-0.15, -0.1) is 0 Å². The molecular formula is C16H16F3N3O3S. The van der Waals surface area contributed by atoms with Gasteiger partial charge >= 0.3 is 6.18 Å². The Labute approximate surface area is 148 Å². The maximum Gasteiger partial charge on any atom is 0.405 e. The summed E-state index contributed by atoms with van der Waals surface area (Å²) in [6, 6.07) is 9.93. The van der Waals surface area contributed by atoms with Crippen molar-refractivity contribution < 1.29 is 26.4 Å². The van der Waals surface area contributed by atoms with Crippen LogP contribution in [0.25, 0.3) is 0 Å². The number of carbonyl (C=O) groups excluding carboxylic acids is 1. The number of hydrogen-bond donors (Lipinski definition) is 2. The highest BCUT2D eigenvalue weighted by atomic mass is 32.2. The molecule has 0 unspecified atom stereocenters. The Morgan fingerprint density at radius 3 is 2.35 bits per heavy atom. The largest absolute Gasteiger partial charge is 0.405 e. The fourth-order valence-electron chi connectivity index (χ4n) is 2.01. The standard InChI is InChI=1S/C16H16F3N3O3S/c17-16(18,19)11-21-15(23)12-4-6-14(7-5-12)26(24,25)22-10-8-13-3-1-2-9-20-13/h1-7,9,22H,8,10-11H2,(H,21,23). The van der Waals surface area contributed by atoms with E-state index in [1.54, 1.807) is 29.7 Å². The second-order valence-corrected chi connectivity index (χ2v) is 7.06. The summed E-state index contributed by atoms with van der Waals surface area (Å²) in [5.41, 5.74) is 0.661. The molecule has 2 aromatic rings. The van der Waals surface area contributed by atoms with Crippen LogP contribution in [-0.4, -0.2) is 38.6 Å². The highest BCUT2D eigenvalue weighted by Gasteiger charge is 2.28. The van der Waals surface area contributed by atoms with Crippen LogP contribution in [0.1, 0.15) is 16.1 Å². The van der Waals surface area contributed by atoms with Crippen LogP contribution in [0.4, 0.5) is 13.2 Å². The molecular weight excluding hydrogens is 371 g/mol. The van der Waals surface area contributed by atoms with Crippen molar-refractivity contribution in [3.63, 3.8) is 0 Å². The zero-order valence-corrected chi connectivity index (χ0v) is 14.3. The molecule has 140 valence electrons. The quantitative estimate of drug-likeness (QED) is 0.760. The van der Waals surface area contributed by atoms with E-state index in [1.165, 1.54) is 0 Å². The SMILES string of the molecule is O=C(NCC(F)(F)F)c1ccc(S(=O)(=O)NCCc2ccccn2)cc1. The summed E-state index contributed by atoms with van der Waals surface area (Å²) in [5, 5.41) is 1.71. The first-order valence-electron chi connectivity index (χ1n) is 7.52. The molecule has 0 saturated carbocycles. The number of amides is 1. The van der Waals surface area contributed by atoms with Gasteiger partial charge in [0.1, 0.15) is 6.54 Å². The van der Waals surface area contributed by atoms with Crippen molar-refractivity contribution in [3.05, 3.63) is 59.9 Å². The number of aromatic nitrogens is 1. The minimum absolute atomic E-state index is 0.0679. The Balaban J connectivity index is 1.94. The molecule has 2 rings (SSSR count). The van der Waals surface area contributed by atoms with Crippen LogP contribution in [0.15, 0.2) is 53.6 Å². The molecule has 10 heteroatoms. The van der Waals surface area contributed by atoms with Crippen LogP contribution in [0, 0.1) is 0 Å². The molecule has 1 heterocycles. The summed E-state index contributed by atoms with van der Waals surface area (Å²) < 4.78 is 63.0. The molecule has 0 aliphatic rings. The number of nitrogens with one attached hydrogen (secondary N) is 2. The number of sulfonamides is 1. The Morgan fingerprint density at radius 1 is 1.08 bits per heavy atom. The number of pyridine rings is 1. The second kappa shape index (κ2) is 8.28. The molecule has 6 nitrogen and oxygen atoms in total. The lowest BCUT2D eigenvalue weighted by atomic mass is 10.2. The molecule has 1 aromatic carbocycles. The molecule has 0 spiro atoms. The predicted octanol–water partition coefficient (Wildman–Crippen LogP) is 1.89. The van der Waals surface area contributed by atoms with Gasteiger partial charge in [-0.25, -0.2) is 13.1 Å². The first-order chi connectivity index (χ1) is 12.2. The molecule has 0 atom stereocenters. The molecule has 0 fully saturated rings. The van der Waals surface area contributed by atoms with Gasteiger partial charge in [0.2, 0.25) is 10.0 Å². The van der Waals surface area contributed by atoms with Gasteiger partial charge in [0.15, 0.2) is 0 Å². The second-order valence-electron chi connectivity index (χ2n) is 5.29. The normalized spacial score (nSPS) is 12.0. The molecule has 1 aromatic heterocycles. The average Bonchev–Trinajstić information content (AvgIpc) is 2.60. The van der Waals surface area contributed by atoms with E-state index in [-0.39, 0.29) is 17.0 Å². The summed E-state index contributed by atoms with van der Waals surface area (Å²) in [4.78, 5) is 15.6. The monoisotopic (exact) mass is 387 g/mol. The molecule has 0 bridgehead atoms. The number of hydrogen-bond acceptors (Lipinski definition) is 4. The Kier molecular flexibility index (Phi) is 6.32. The third-order valence-corrected chi connectivity index (χ3v) is 4.75. The molecule has 0 saturated heterocycles. The molecule has 2 N–H and O–H groups in total. The topological polar surface area (TPSA) is 88.2 Å². The number of nitrogens with zero attached hydrogens (tertiary/aromatic N) is 1. The molecule has 0 radical (unpaired) electrons. The Hall–Kier alpha value is -2.46. The van der Waals surface area contributed by atoms with Crippen molar-refractivity contribution in [1.29, 1.82) is 0 Å². The molecule has 0 aliphatic carbocycles. The van der Waals surface area contributed by atoms with Crippen LogP contribution in [0.5, 0.6) is 0 Å². The highest BCUT2D eigenvalue weighted by molar-refractivity contribution is 7.89. The minimum Gasteiger partial charge on any atom is -0.343 e. The van der Waals surface area contributed by atoms with E-state index in [4.69, 9.17) is 0 Å². The fourth-order valence-corrected chi connectivity index (χ4v) is 3.04. The van der Waals surface area contributed by atoms with Gasteiger partial charge in [0, 0.05) is 30.4 Å². The Morgan fingerprint density at radius 2 is 1.77 bits per heavy atom. The minimum atomic E-state index is -4.52. The van der Waals surface area contributed by atoms with Gasteiger partial charge < -0.3 is 5.32 Å². The lowest BCUT2D eigenvalue weighted by molar-refractivity contribution is -0.123. The van der Waals surface area contributed by atoms with E-state index in [1.807, 2.05) is 0 Å². The maximum absolute atomic E-state index is 12.2. The lowest BCUT2D eigenvalue weighted by Gasteiger charge is -2.09. The van der Waals surface area contributed by atoms with Crippen LogP contribution < -0.4 is 10.0 Å². The summed E-state index contributed by atoms with van der Waals surface area (Å²) in [5.74, 6) is -0.936. The van der Waals surface area contributed by atoms with Crippen molar-refractivity contribution in [2.75, 3.05) is 13.1 Å². The van der Waals surface area contributed by atoms with Gasteiger partial charge in [-0.1, -0.05) is 6.07 Å². The van der Waals surface area contributed by atoms with Gasteiger partial charge in [-0.05, 0) is 36.4 Å². The van der Waals surface area contributed by atoms with E-state index in [0.717, 1.165) is 30.0 Å². The highest BCUT2D eigenvalue weighted by Crippen LogP contribution is 2.14. The summed E-state index contributed by atoms with van der Waals surface area (Å²) in [7, 11) is -3.80. The summed E-state index contributed by atoms with van der Waals surface area (Å²) in [6.07, 6.45) is -2.51. The third kappa shape index (κ3) is 6.12. The smallest absolute Gasteiger partial charge is 0.343 e. The van der Waals surface area contributed by atoms with Crippen LogP contribution >= 0.6 is 0 Å². The van der Waals surface area contributed by atoms with Gasteiger partial charge in [-0.2, -0.15) is 13.2 Å². The van der Waals surface area contributed by atoms with Gasteiger partial charge in [0.05, 0.1) is 4.90 Å². The Bertz CT molecular complexity index is 839. The number of halogens is 3. The van der Waals surface area contributed by atoms with Crippen molar-refractivity contribution in [1.82, 2.24) is 15.0 Å². The van der Waals surface area contributed by atoms with Crippen LogP contribution in [0.3, 0.4) is 0 Å². The van der Waals surface area contributed by atoms with E-state index in [9.17, 15) is 26.4 Å². The van der Waals surface area contributed by atoms with Crippen molar-refractivity contribution in [3.8, 4) is 0 Å². The van der Waals surface area contributed by atoms with Crippen molar-refractivity contribution in [2.24, 2.45) is 0 Å². The van der Waals surface area contributed by atoms with E-state index < -0.39 is 28.7 Å². The first kappa shape index (κ1) is 19.9. The van der Waals surface area contributed by atoms with Crippen molar-refractivity contribution >= 4 is 15.9 Å². The van der Waals surface area contributed by atoms with Crippen LogP contribution in [0.2, 0.25) is 0 Å². The maximum atomic E-state index is 12.2. The van der Waals surface area contributed by atoms with Gasteiger partial charge in [-0.3, -0.25) is 9.78 Å². The zero-order chi connectivity index (χ0) is 19.2. The number of benzene rings is 1. The molecule has 1 amide bonds. The van der Waals surface area contributed by atoms with E-state index >= 15 is 0 Å². The average molecular weight is 387 g/mol. The lowest BCUT2D eigenvalue weighted by Crippen LogP contribution is -2.33.